The molecule has 5 nitrogen and oxygen atoms in total. The summed E-state index contributed by atoms with van der Waals surface area (Å²) in [6.07, 6.45) is 1.16. The van der Waals surface area contributed by atoms with Crippen LogP contribution < -0.4 is 4.74 Å². The van der Waals surface area contributed by atoms with Crippen LogP contribution in [0.15, 0.2) is 41.4 Å². The molecule has 11 heteroatoms. The monoisotopic (exact) mass is 582 g/mol. The third-order valence-electron chi connectivity index (χ3n) is 7.66. The Kier molecular flexibility index (Phi) is 9.89. The number of methoxy groups -OCH3 is 1. The molecule has 1 aliphatic rings. The number of fused-ring (bicyclic) bond motifs is 1. The minimum Gasteiger partial charge on any atom is -0.497 e. The van der Waals surface area contributed by atoms with Gasteiger partial charge in [0.25, 0.3) is 0 Å². The van der Waals surface area contributed by atoms with Crippen molar-refractivity contribution in [2.45, 2.75) is 49.8 Å². The molecule has 0 amide bonds. The van der Waals surface area contributed by atoms with Crippen molar-refractivity contribution in [1.29, 1.82) is 0 Å². The number of hydrogen-bond acceptors (Lipinski definition) is 5. The predicted molar refractivity (Wildman–Crippen MR) is 144 cm³/mol. The Morgan fingerprint density at radius 1 is 1.18 bits per heavy atom. The molecular formula is C29H31F5N2O3S. The minimum atomic E-state index is -1.51. The van der Waals surface area contributed by atoms with Gasteiger partial charge in [-0.2, -0.15) is 0 Å². The van der Waals surface area contributed by atoms with Crippen LogP contribution in [0.1, 0.15) is 49.4 Å². The van der Waals surface area contributed by atoms with Crippen LogP contribution in [-0.4, -0.2) is 53.5 Å². The van der Waals surface area contributed by atoms with E-state index in [1.807, 2.05) is 0 Å². The minimum absolute atomic E-state index is 0.0359. The number of hydrogen-bond donors (Lipinski definition) is 1. The Balaban J connectivity index is 1.40. The lowest BCUT2D eigenvalue weighted by atomic mass is 9.71. The van der Waals surface area contributed by atoms with Gasteiger partial charge in [-0.1, -0.05) is 0 Å². The first-order valence-electron chi connectivity index (χ1n) is 13.0. The van der Waals surface area contributed by atoms with Crippen molar-refractivity contribution in [3.63, 3.8) is 0 Å². The van der Waals surface area contributed by atoms with Gasteiger partial charge in [-0.25, -0.2) is 22.0 Å². The number of alkyl halides is 2. The summed E-state index contributed by atoms with van der Waals surface area (Å²) in [7, 11) is 1.49. The maximum atomic E-state index is 15.8. The molecule has 1 aliphatic heterocycles. The number of nitrogens with zero attached hydrogens (tertiary/aromatic N) is 2. The lowest BCUT2D eigenvalue weighted by Crippen LogP contribution is -2.42. The first kappa shape index (κ1) is 30.0. The fourth-order valence-electron chi connectivity index (χ4n) is 5.41. The maximum absolute atomic E-state index is 15.8. The van der Waals surface area contributed by atoms with Crippen LogP contribution in [0.4, 0.5) is 22.0 Å². The molecular weight excluding hydrogens is 551 g/mol. The second-order valence-electron chi connectivity index (χ2n) is 10.2. The number of thioether (sulfide) groups is 1. The predicted octanol–water partition coefficient (Wildman–Crippen LogP) is 7.27. The van der Waals surface area contributed by atoms with E-state index in [0.29, 0.717) is 61.3 Å². The summed E-state index contributed by atoms with van der Waals surface area (Å²) in [4.78, 5) is 18.4. The SMILES string of the molecule is COc1ccc2ncc(CF)c(C(F)CCC3(CC(=O)O)CCN(CCSc4cc(F)c(F)c(F)c4)CC3)c2c1. The molecule has 0 saturated carbocycles. The standard InChI is InChI=1S/C29H31F5N2O3S/c1-39-19-2-3-25-21(12-19)27(18(16-30)17-35-25)22(31)4-5-29(15-26(37)38)6-8-36(9-7-29)10-11-40-20-13-23(32)28(34)24(33)14-20/h2-3,12-14,17,22H,4-11,15-16H2,1H3,(H,37,38). The lowest BCUT2D eigenvalue weighted by molar-refractivity contribution is -0.141. The summed E-state index contributed by atoms with van der Waals surface area (Å²) in [5.74, 6) is -3.91. The van der Waals surface area contributed by atoms with Crippen LogP contribution in [-0.2, 0) is 11.5 Å². The van der Waals surface area contributed by atoms with Gasteiger partial charge in [-0.05, 0) is 74.5 Å². The number of rotatable bonds is 12. The fourth-order valence-corrected chi connectivity index (χ4v) is 6.37. The Bertz CT molecular complexity index is 1320. The van der Waals surface area contributed by atoms with Crippen LogP contribution in [0.2, 0.25) is 0 Å². The first-order valence-corrected chi connectivity index (χ1v) is 14.0. The molecule has 1 fully saturated rings. The van der Waals surface area contributed by atoms with Gasteiger partial charge in [-0.15, -0.1) is 11.8 Å². The number of aliphatic carboxylic acids is 1. The molecule has 2 aromatic carbocycles. The van der Waals surface area contributed by atoms with E-state index in [4.69, 9.17) is 4.74 Å². The van der Waals surface area contributed by atoms with Crippen molar-refractivity contribution in [3.8, 4) is 5.75 Å². The number of aromatic nitrogens is 1. The van der Waals surface area contributed by atoms with Gasteiger partial charge in [0.15, 0.2) is 17.5 Å². The number of ether oxygens (including phenoxy) is 1. The van der Waals surface area contributed by atoms with E-state index in [0.717, 1.165) is 12.1 Å². The highest BCUT2D eigenvalue weighted by Gasteiger charge is 2.37. The molecule has 0 bridgehead atoms. The van der Waals surface area contributed by atoms with Gasteiger partial charge in [0.1, 0.15) is 18.6 Å². The number of benzene rings is 2. The molecule has 3 aromatic rings. The van der Waals surface area contributed by atoms with E-state index in [-0.39, 0.29) is 28.9 Å². The third kappa shape index (κ3) is 7.04. The first-order chi connectivity index (χ1) is 19.1. The largest absolute Gasteiger partial charge is 0.497 e. The van der Waals surface area contributed by atoms with Gasteiger partial charge in [0.2, 0.25) is 0 Å². The van der Waals surface area contributed by atoms with E-state index < -0.39 is 41.7 Å². The van der Waals surface area contributed by atoms with E-state index >= 15 is 4.39 Å². The van der Waals surface area contributed by atoms with Crippen molar-refractivity contribution >= 4 is 28.6 Å². The van der Waals surface area contributed by atoms with Crippen molar-refractivity contribution in [1.82, 2.24) is 9.88 Å². The number of piperidine rings is 1. The van der Waals surface area contributed by atoms with Gasteiger partial charge in [-0.3, -0.25) is 9.78 Å². The normalized spacial score (nSPS) is 16.2. The van der Waals surface area contributed by atoms with E-state index in [1.165, 1.54) is 25.1 Å². The van der Waals surface area contributed by atoms with Crippen LogP contribution in [0.5, 0.6) is 5.75 Å². The Morgan fingerprint density at radius 3 is 2.50 bits per heavy atom. The maximum Gasteiger partial charge on any atom is 0.303 e. The third-order valence-corrected chi connectivity index (χ3v) is 8.62. The molecule has 0 radical (unpaired) electrons. The summed E-state index contributed by atoms with van der Waals surface area (Å²) in [5, 5.41) is 10.1. The zero-order chi connectivity index (χ0) is 28.9. The van der Waals surface area contributed by atoms with Crippen LogP contribution in [0, 0.1) is 22.9 Å². The Morgan fingerprint density at radius 2 is 1.88 bits per heavy atom. The van der Waals surface area contributed by atoms with E-state index in [2.05, 4.69) is 9.88 Å². The molecule has 4 rings (SSSR count). The molecule has 1 saturated heterocycles. The highest BCUT2D eigenvalue weighted by molar-refractivity contribution is 7.99. The fraction of sp³-hybridized carbons (Fsp3) is 0.448. The smallest absolute Gasteiger partial charge is 0.303 e. The summed E-state index contributed by atoms with van der Waals surface area (Å²) in [6.45, 7) is 0.884. The van der Waals surface area contributed by atoms with Crippen LogP contribution in [0.25, 0.3) is 10.9 Å². The Labute approximate surface area is 233 Å². The molecule has 0 spiro atoms. The second kappa shape index (κ2) is 13.2. The number of pyridine rings is 1. The molecule has 0 aliphatic carbocycles. The summed E-state index contributed by atoms with van der Waals surface area (Å²) in [5.41, 5.74) is 0.293. The van der Waals surface area contributed by atoms with E-state index in [1.54, 1.807) is 18.2 Å². The average Bonchev–Trinajstić information content (AvgIpc) is 2.94. The van der Waals surface area contributed by atoms with Crippen molar-refractivity contribution < 1.29 is 36.6 Å². The van der Waals surface area contributed by atoms with Gasteiger partial charge < -0.3 is 14.7 Å². The van der Waals surface area contributed by atoms with Crippen molar-refractivity contribution in [3.05, 3.63) is 65.1 Å². The van der Waals surface area contributed by atoms with Gasteiger partial charge in [0.05, 0.1) is 19.0 Å². The zero-order valence-corrected chi connectivity index (χ0v) is 22.9. The molecule has 216 valence electrons. The number of carboxylic acid groups (broad SMARTS) is 1. The molecule has 40 heavy (non-hydrogen) atoms. The summed E-state index contributed by atoms with van der Waals surface area (Å²) in [6, 6.07) is 6.95. The number of carbonyl (C=O) groups is 1. The molecule has 2 heterocycles. The van der Waals surface area contributed by atoms with E-state index in [9.17, 15) is 27.5 Å². The highest BCUT2D eigenvalue weighted by Crippen LogP contribution is 2.43. The molecule has 1 unspecified atom stereocenters. The number of likely N-dealkylation sites (tertiary alicyclic amines) is 1. The molecule has 1 aromatic heterocycles. The van der Waals surface area contributed by atoms with Gasteiger partial charge >= 0.3 is 5.97 Å². The molecule has 1 atom stereocenters. The zero-order valence-electron chi connectivity index (χ0n) is 22.1. The lowest BCUT2D eigenvalue weighted by Gasteiger charge is -2.41. The van der Waals surface area contributed by atoms with Crippen LogP contribution >= 0.6 is 11.8 Å². The average molecular weight is 583 g/mol. The van der Waals surface area contributed by atoms with Gasteiger partial charge in [0, 0.05) is 39.9 Å². The topological polar surface area (TPSA) is 62.7 Å². The Hall–Kier alpha value is -2.92. The van der Waals surface area contributed by atoms with Crippen molar-refractivity contribution in [2.24, 2.45) is 5.41 Å². The van der Waals surface area contributed by atoms with Crippen molar-refractivity contribution in [2.75, 3.05) is 32.5 Å². The summed E-state index contributed by atoms with van der Waals surface area (Å²) < 4.78 is 75.0. The highest BCUT2D eigenvalue weighted by atomic mass is 32.2. The molecule has 1 N–H and O–H groups in total. The number of carboxylic acids is 1. The number of halogens is 5. The quantitative estimate of drug-likeness (QED) is 0.138. The van der Waals surface area contributed by atoms with Crippen LogP contribution in [0.3, 0.4) is 0 Å². The second-order valence-corrected chi connectivity index (χ2v) is 11.3. The summed E-state index contributed by atoms with van der Waals surface area (Å²) >= 11 is 1.20.